The Hall–Kier alpha value is -1.39. The lowest BCUT2D eigenvalue weighted by molar-refractivity contribution is 0.828. The summed E-state index contributed by atoms with van der Waals surface area (Å²) in [7, 11) is 0. The van der Waals surface area contributed by atoms with Crippen LogP contribution in [0.15, 0.2) is 24.5 Å². The smallest absolute Gasteiger partial charge is 0.138 e. The fraction of sp³-hybridized carbons (Fsp3) is 0.273. The molecule has 5 heteroatoms. The molecule has 0 aliphatic rings. The topological polar surface area (TPSA) is 56.7 Å². The number of aromatic nitrogens is 3. The van der Waals surface area contributed by atoms with Crippen LogP contribution in [0.4, 0.5) is 0 Å². The molecular formula is C11H13ClN4. The van der Waals surface area contributed by atoms with Crippen molar-refractivity contribution in [1.29, 1.82) is 0 Å². The normalized spacial score (nSPS) is 10.7. The van der Waals surface area contributed by atoms with Crippen LogP contribution in [0.5, 0.6) is 0 Å². The van der Waals surface area contributed by atoms with E-state index in [0.717, 1.165) is 22.1 Å². The molecule has 0 saturated carbocycles. The highest BCUT2D eigenvalue weighted by molar-refractivity contribution is 6.31. The number of nitrogens with two attached hydrogens (primary N) is 1. The fourth-order valence-corrected chi connectivity index (χ4v) is 1.79. The minimum atomic E-state index is 0.554. The predicted molar refractivity (Wildman–Crippen MR) is 63.9 cm³/mol. The van der Waals surface area contributed by atoms with E-state index in [-0.39, 0.29) is 0 Å². The molecule has 84 valence electrons. The molecule has 2 aromatic rings. The summed E-state index contributed by atoms with van der Waals surface area (Å²) in [5.74, 6) is 0.855. The SMILES string of the molecule is Cc1c(Cl)cccc1-n1cnnc1CCN. The lowest BCUT2D eigenvalue weighted by Crippen LogP contribution is -2.09. The Balaban J connectivity index is 2.50. The molecule has 4 nitrogen and oxygen atoms in total. The average molecular weight is 237 g/mol. The second-order valence-corrected chi connectivity index (χ2v) is 3.95. The summed E-state index contributed by atoms with van der Waals surface area (Å²) in [5.41, 5.74) is 7.54. The number of rotatable bonds is 3. The van der Waals surface area contributed by atoms with E-state index >= 15 is 0 Å². The Morgan fingerprint density at radius 1 is 1.44 bits per heavy atom. The molecule has 0 aliphatic heterocycles. The zero-order valence-electron chi connectivity index (χ0n) is 9.02. The molecule has 0 fully saturated rings. The van der Waals surface area contributed by atoms with Gasteiger partial charge in [0.15, 0.2) is 0 Å². The van der Waals surface area contributed by atoms with E-state index in [1.807, 2.05) is 29.7 Å². The van der Waals surface area contributed by atoms with Crippen LogP contribution in [0.3, 0.4) is 0 Å². The van der Waals surface area contributed by atoms with E-state index in [4.69, 9.17) is 17.3 Å². The maximum Gasteiger partial charge on any atom is 0.138 e. The maximum absolute atomic E-state index is 6.08. The largest absolute Gasteiger partial charge is 0.330 e. The van der Waals surface area contributed by atoms with E-state index < -0.39 is 0 Å². The Kier molecular flexibility index (Phi) is 3.22. The monoisotopic (exact) mass is 236 g/mol. The lowest BCUT2D eigenvalue weighted by atomic mass is 10.2. The van der Waals surface area contributed by atoms with Crippen LogP contribution in [0.2, 0.25) is 5.02 Å². The number of nitrogens with zero attached hydrogens (tertiary/aromatic N) is 3. The molecule has 16 heavy (non-hydrogen) atoms. The molecule has 0 bridgehead atoms. The van der Waals surface area contributed by atoms with Crippen molar-refractivity contribution in [2.24, 2.45) is 5.73 Å². The van der Waals surface area contributed by atoms with Gasteiger partial charge in [-0.1, -0.05) is 17.7 Å². The van der Waals surface area contributed by atoms with E-state index in [1.165, 1.54) is 0 Å². The maximum atomic E-state index is 6.08. The van der Waals surface area contributed by atoms with Crippen molar-refractivity contribution < 1.29 is 0 Å². The van der Waals surface area contributed by atoms with Crippen molar-refractivity contribution >= 4 is 11.6 Å². The Morgan fingerprint density at radius 3 is 3.00 bits per heavy atom. The molecule has 0 atom stereocenters. The molecule has 0 radical (unpaired) electrons. The van der Waals surface area contributed by atoms with Gasteiger partial charge in [-0.15, -0.1) is 10.2 Å². The summed E-state index contributed by atoms with van der Waals surface area (Å²) >= 11 is 6.08. The highest BCUT2D eigenvalue weighted by Crippen LogP contribution is 2.22. The van der Waals surface area contributed by atoms with Crippen molar-refractivity contribution in [3.05, 3.63) is 40.9 Å². The molecular weight excluding hydrogens is 224 g/mol. The molecule has 2 N–H and O–H groups in total. The predicted octanol–water partition coefficient (Wildman–Crippen LogP) is 1.73. The van der Waals surface area contributed by atoms with Crippen molar-refractivity contribution in [1.82, 2.24) is 14.8 Å². The standard InChI is InChI=1S/C11H13ClN4/c1-8-9(12)3-2-4-10(8)16-7-14-15-11(16)5-6-13/h2-4,7H,5-6,13H2,1H3. The summed E-state index contributed by atoms with van der Waals surface area (Å²) in [5, 5.41) is 8.69. The summed E-state index contributed by atoms with van der Waals surface area (Å²) in [6.45, 7) is 2.53. The van der Waals surface area contributed by atoms with Gasteiger partial charge in [0.05, 0.1) is 5.69 Å². The second kappa shape index (κ2) is 4.63. The first-order valence-corrected chi connectivity index (χ1v) is 5.46. The van der Waals surface area contributed by atoms with Gasteiger partial charge in [0.25, 0.3) is 0 Å². The van der Waals surface area contributed by atoms with Gasteiger partial charge >= 0.3 is 0 Å². The van der Waals surface area contributed by atoms with Crippen molar-refractivity contribution in [3.63, 3.8) is 0 Å². The molecule has 1 aromatic carbocycles. The van der Waals surface area contributed by atoms with Crippen molar-refractivity contribution in [2.75, 3.05) is 6.54 Å². The van der Waals surface area contributed by atoms with Gasteiger partial charge < -0.3 is 5.73 Å². The zero-order valence-corrected chi connectivity index (χ0v) is 9.78. The van der Waals surface area contributed by atoms with Crippen molar-refractivity contribution in [3.8, 4) is 5.69 Å². The Morgan fingerprint density at radius 2 is 2.25 bits per heavy atom. The summed E-state index contributed by atoms with van der Waals surface area (Å²) in [6, 6.07) is 5.77. The molecule has 1 aromatic heterocycles. The molecule has 0 saturated heterocycles. The van der Waals surface area contributed by atoms with E-state index in [1.54, 1.807) is 6.33 Å². The zero-order chi connectivity index (χ0) is 11.5. The minimum absolute atomic E-state index is 0.554. The van der Waals surface area contributed by atoms with Crippen LogP contribution in [-0.2, 0) is 6.42 Å². The van der Waals surface area contributed by atoms with Gasteiger partial charge in [-0.25, -0.2) is 0 Å². The van der Waals surface area contributed by atoms with Crippen LogP contribution in [0.1, 0.15) is 11.4 Å². The first-order valence-electron chi connectivity index (χ1n) is 5.08. The highest BCUT2D eigenvalue weighted by atomic mass is 35.5. The molecule has 0 aliphatic carbocycles. The molecule has 1 heterocycles. The van der Waals surface area contributed by atoms with E-state index in [0.29, 0.717) is 13.0 Å². The highest BCUT2D eigenvalue weighted by Gasteiger charge is 2.09. The molecule has 0 unspecified atom stereocenters. The van der Waals surface area contributed by atoms with Crippen LogP contribution in [-0.4, -0.2) is 21.3 Å². The van der Waals surface area contributed by atoms with Crippen LogP contribution in [0, 0.1) is 6.92 Å². The van der Waals surface area contributed by atoms with Crippen molar-refractivity contribution in [2.45, 2.75) is 13.3 Å². The first kappa shape index (κ1) is 11.1. The summed E-state index contributed by atoms with van der Waals surface area (Å²) < 4.78 is 1.92. The number of hydrogen-bond acceptors (Lipinski definition) is 3. The average Bonchev–Trinajstić information content (AvgIpc) is 2.71. The minimum Gasteiger partial charge on any atom is -0.330 e. The fourth-order valence-electron chi connectivity index (χ4n) is 1.62. The molecule has 0 spiro atoms. The Bertz CT molecular complexity index is 492. The van der Waals surface area contributed by atoms with Gasteiger partial charge in [0.1, 0.15) is 12.2 Å². The summed E-state index contributed by atoms with van der Waals surface area (Å²) in [6.07, 6.45) is 2.38. The second-order valence-electron chi connectivity index (χ2n) is 3.54. The van der Waals surface area contributed by atoms with E-state index in [2.05, 4.69) is 10.2 Å². The summed E-state index contributed by atoms with van der Waals surface area (Å²) in [4.78, 5) is 0. The molecule has 2 rings (SSSR count). The van der Waals surface area contributed by atoms with Crippen LogP contribution >= 0.6 is 11.6 Å². The van der Waals surface area contributed by atoms with Gasteiger partial charge in [0.2, 0.25) is 0 Å². The number of halogens is 1. The van der Waals surface area contributed by atoms with Gasteiger partial charge in [0, 0.05) is 11.4 Å². The third kappa shape index (κ3) is 1.94. The van der Waals surface area contributed by atoms with Gasteiger partial charge in [-0.3, -0.25) is 4.57 Å². The number of benzene rings is 1. The van der Waals surface area contributed by atoms with Crippen LogP contribution in [0.25, 0.3) is 5.69 Å². The number of hydrogen-bond donors (Lipinski definition) is 1. The lowest BCUT2D eigenvalue weighted by Gasteiger charge is -2.10. The van der Waals surface area contributed by atoms with Gasteiger partial charge in [-0.05, 0) is 31.2 Å². The van der Waals surface area contributed by atoms with Crippen LogP contribution < -0.4 is 5.73 Å². The Labute approximate surface area is 99.1 Å². The first-order chi connectivity index (χ1) is 7.74. The quantitative estimate of drug-likeness (QED) is 0.883. The van der Waals surface area contributed by atoms with E-state index in [9.17, 15) is 0 Å². The third-order valence-corrected chi connectivity index (χ3v) is 2.89. The molecule has 0 amide bonds. The van der Waals surface area contributed by atoms with Gasteiger partial charge in [-0.2, -0.15) is 0 Å². The third-order valence-electron chi connectivity index (χ3n) is 2.48.